The molecule has 0 aliphatic carbocycles. The third-order valence-electron chi connectivity index (χ3n) is 1.67. The van der Waals surface area contributed by atoms with Gasteiger partial charge in [-0.05, 0) is 6.26 Å². The zero-order valence-corrected chi connectivity index (χ0v) is 9.58. The maximum absolute atomic E-state index is 13.2. The fourth-order valence-electron chi connectivity index (χ4n) is 0.978. The van der Waals surface area contributed by atoms with Crippen LogP contribution in [0, 0.1) is 5.82 Å². The van der Waals surface area contributed by atoms with Gasteiger partial charge in [-0.15, -0.1) is 11.8 Å². The molecule has 0 saturated carbocycles. The summed E-state index contributed by atoms with van der Waals surface area (Å²) in [6.07, 6.45) is 1.65. The number of ether oxygens (including phenoxy) is 1. The van der Waals surface area contributed by atoms with Crippen LogP contribution in [0.3, 0.4) is 0 Å². The zero-order valence-electron chi connectivity index (χ0n) is 8.01. The van der Waals surface area contributed by atoms with Crippen molar-refractivity contribution in [1.29, 1.82) is 0 Å². The number of anilines is 1. The van der Waals surface area contributed by atoms with Crippen molar-refractivity contribution in [2.75, 3.05) is 19.1 Å². The van der Waals surface area contributed by atoms with E-state index in [2.05, 4.69) is 9.72 Å². The van der Waals surface area contributed by atoms with Crippen molar-refractivity contribution in [1.82, 2.24) is 4.98 Å². The molecule has 0 aliphatic rings. The van der Waals surface area contributed by atoms with Crippen LogP contribution in [0.2, 0.25) is 5.15 Å². The van der Waals surface area contributed by atoms with Crippen molar-refractivity contribution in [3.8, 4) is 0 Å². The first-order chi connectivity index (χ1) is 7.02. The van der Waals surface area contributed by atoms with Crippen LogP contribution in [-0.2, 0) is 4.74 Å². The lowest BCUT2D eigenvalue weighted by molar-refractivity contribution is 0.0589. The Labute approximate surface area is 95.0 Å². The van der Waals surface area contributed by atoms with E-state index < -0.39 is 16.9 Å². The van der Waals surface area contributed by atoms with Crippen LogP contribution >= 0.6 is 23.4 Å². The molecule has 0 fully saturated rings. The zero-order chi connectivity index (χ0) is 11.6. The summed E-state index contributed by atoms with van der Waals surface area (Å²) in [5.41, 5.74) is 5.19. The third kappa shape index (κ3) is 2.15. The van der Waals surface area contributed by atoms with Crippen LogP contribution in [0.4, 0.5) is 10.1 Å². The molecule has 0 aromatic carbocycles. The van der Waals surface area contributed by atoms with Crippen molar-refractivity contribution in [2.45, 2.75) is 4.90 Å². The first-order valence-corrected chi connectivity index (χ1v) is 5.40. The van der Waals surface area contributed by atoms with Crippen molar-refractivity contribution in [3.05, 3.63) is 16.7 Å². The predicted octanol–water partition coefficient (Wildman–Crippen LogP) is 1.96. The van der Waals surface area contributed by atoms with Crippen LogP contribution < -0.4 is 5.73 Å². The topological polar surface area (TPSA) is 65.2 Å². The predicted molar refractivity (Wildman–Crippen MR) is 56.7 cm³/mol. The van der Waals surface area contributed by atoms with Gasteiger partial charge in [0.1, 0.15) is 0 Å². The quantitative estimate of drug-likeness (QED) is 0.494. The molecule has 0 aliphatic heterocycles. The number of nitrogens with two attached hydrogens (primary N) is 1. The second-order valence-electron chi connectivity index (χ2n) is 2.50. The number of esters is 1. The number of halogens is 2. The van der Waals surface area contributed by atoms with Crippen LogP contribution in [0.25, 0.3) is 0 Å². The third-order valence-corrected chi connectivity index (χ3v) is 2.74. The molecule has 7 heteroatoms. The van der Waals surface area contributed by atoms with E-state index in [4.69, 9.17) is 17.3 Å². The smallest absolute Gasteiger partial charge is 0.357 e. The number of aromatic nitrogens is 1. The largest absolute Gasteiger partial charge is 0.464 e. The van der Waals surface area contributed by atoms with Crippen LogP contribution in [-0.4, -0.2) is 24.3 Å². The van der Waals surface area contributed by atoms with Crippen molar-refractivity contribution < 1.29 is 13.9 Å². The van der Waals surface area contributed by atoms with E-state index >= 15 is 0 Å². The molecule has 0 saturated heterocycles. The number of carbonyl (C=O) groups excluding carboxylic acids is 1. The molecule has 0 unspecified atom stereocenters. The van der Waals surface area contributed by atoms with E-state index in [1.54, 1.807) is 6.26 Å². The Bertz CT molecular complexity index is 414. The number of nitrogen functional groups attached to an aromatic ring is 1. The number of hydrogen-bond donors (Lipinski definition) is 1. The lowest BCUT2D eigenvalue weighted by Gasteiger charge is -2.09. The van der Waals surface area contributed by atoms with Gasteiger partial charge in [0.2, 0.25) is 0 Å². The second-order valence-corrected chi connectivity index (χ2v) is 3.68. The lowest BCUT2D eigenvalue weighted by atomic mass is 10.3. The summed E-state index contributed by atoms with van der Waals surface area (Å²) in [6, 6.07) is 0. The highest BCUT2D eigenvalue weighted by Gasteiger charge is 2.21. The van der Waals surface area contributed by atoms with Gasteiger partial charge in [-0.2, -0.15) is 0 Å². The van der Waals surface area contributed by atoms with Gasteiger partial charge >= 0.3 is 5.97 Å². The molecule has 0 bridgehead atoms. The number of thioether (sulfide) groups is 1. The molecule has 82 valence electrons. The lowest BCUT2D eigenvalue weighted by Crippen LogP contribution is -2.10. The fourth-order valence-corrected chi connectivity index (χ4v) is 1.80. The average molecular weight is 251 g/mol. The van der Waals surface area contributed by atoms with Crippen LogP contribution in [0.15, 0.2) is 4.90 Å². The Balaban J connectivity index is 3.45. The van der Waals surface area contributed by atoms with E-state index in [9.17, 15) is 9.18 Å². The van der Waals surface area contributed by atoms with Gasteiger partial charge in [-0.25, -0.2) is 14.2 Å². The number of rotatable bonds is 2. The average Bonchev–Trinajstić information content (AvgIpc) is 2.24. The van der Waals surface area contributed by atoms with Gasteiger partial charge in [-0.1, -0.05) is 11.6 Å². The van der Waals surface area contributed by atoms with Crippen molar-refractivity contribution in [2.24, 2.45) is 0 Å². The normalized spacial score (nSPS) is 10.1. The molecule has 1 aromatic rings. The van der Waals surface area contributed by atoms with Crippen LogP contribution in [0.5, 0.6) is 0 Å². The highest BCUT2D eigenvalue weighted by Crippen LogP contribution is 2.31. The Hall–Kier alpha value is -1.01. The minimum absolute atomic E-state index is 0.0751. The summed E-state index contributed by atoms with van der Waals surface area (Å²) >= 11 is 6.57. The minimum atomic E-state index is -0.825. The molecule has 1 rings (SSSR count). The van der Waals surface area contributed by atoms with E-state index in [0.29, 0.717) is 0 Å². The van der Waals surface area contributed by atoms with Crippen molar-refractivity contribution in [3.63, 3.8) is 0 Å². The molecule has 0 radical (unpaired) electrons. The minimum Gasteiger partial charge on any atom is -0.464 e. The first-order valence-electron chi connectivity index (χ1n) is 3.79. The molecule has 4 nitrogen and oxygen atoms in total. The SMILES string of the molecule is COC(=O)c1nc(Cl)c(F)c(N)c1SC. The molecular formula is C8H8ClFN2O2S. The summed E-state index contributed by atoms with van der Waals surface area (Å²) < 4.78 is 17.7. The second kappa shape index (κ2) is 4.67. The number of methoxy groups -OCH3 is 1. The van der Waals surface area contributed by atoms with Gasteiger partial charge < -0.3 is 10.5 Å². The maximum Gasteiger partial charge on any atom is 0.357 e. The number of pyridine rings is 1. The van der Waals surface area contributed by atoms with Gasteiger partial charge in [0.15, 0.2) is 16.7 Å². The monoisotopic (exact) mass is 250 g/mol. The Morgan fingerprint density at radius 2 is 2.27 bits per heavy atom. The summed E-state index contributed by atoms with van der Waals surface area (Å²) in [7, 11) is 1.20. The fraction of sp³-hybridized carbons (Fsp3) is 0.250. The van der Waals surface area contributed by atoms with Crippen molar-refractivity contribution >= 4 is 35.0 Å². The molecule has 0 atom stereocenters. The van der Waals surface area contributed by atoms with Crippen LogP contribution in [0.1, 0.15) is 10.5 Å². The van der Waals surface area contributed by atoms with Gasteiger partial charge in [0, 0.05) is 0 Å². The molecule has 0 spiro atoms. The Morgan fingerprint density at radius 1 is 1.67 bits per heavy atom. The molecule has 0 amide bonds. The number of hydrogen-bond acceptors (Lipinski definition) is 5. The highest BCUT2D eigenvalue weighted by molar-refractivity contribution is 7.98. The summed E-state index contributed by atoms with van der Waals surface area (Å²) in [5.74, 6) is -1.53. The van der Waals surface area contributed by atoms with E-state index in [1.165, 1.54) is 7.11 Å². The standard InChI is InChI=1S/C8H8ClFN2O2S/c1-14-8(13)5-6(15-2)4(11)3(10)7(9)12-5/h1-2H3,(H2,11,12). The highest BCUT2D eigenvalue weighted by atomic mass is 35.5. The molecule has 2 N–H and O–H groups in total. The molecule has 15 heavy (non-hydrogen) atoms. The molecular weight excluding hydrogens is 243 g/mol. The first kappa shape index (κ1) is 12.1. The van der Waals surface area contributed by atoms with E-state index in [0.717, 1.165) is 11.8 Å². The van der Waals surface area contributed by atoms with E-state index in [1.807, 2.05) is 0 Å². The Kier molecular flexibility index (Phi) is 3.76. The summed E-state index contributed by atoms with van der Waals surface area (Å²) in [4.78, 5) is 15.1. The van der Waals surface area contributed by atoms with Gasteiger partial charge in [0.05, 0.1) is 17.7 Å². The summed E-state index contributed by atoms with van der Waals surface area (Å²) in [5, 5.41) is -0.439. The number of nitrogens with zero attached hydrogens (tertiary/aromatic N) is 1. The number of carbonyl (C=O) groups is 1. The molecule has 1 aromatic heterocycles. The summed E-state index contributed by atoms with van der Waals surface area (Å²) in [6.45, 7) is 0. The Morgan fingerprint density at radius 3 is 2.73 bits per heavy atom. The van der Waals surface area contributed by atoms with E-state index in [-0.39, 0.29) is 16.3 Å². The van der Waals surface area contributed by atoms with Gasteiger partial charge in [-0.3, -0.25) is 0 Å². The van der Waals surface area contributed by atoms with Gasteiger partial charge in [0.25, 0.3) is 0 Å². The molecule has 1 heterocycles. The maximum atomic E-state index is 13.2.